The number of rotatable bonds is 1. The van der Waals surface area contributed by atoms with Crippen LogP contribution in [-0.4, -0.2) is 9.23 Å². The van der Waals surface area contributed by atoms with Crippen LogP contribution < -0.4 is 0 Å². The summed E-state index contributed by atoms with van der Waals surface area (Å²) in [4.78, 5) is 0. The summed E-state index contributed by atoms with van der Waals surface area (Å²) in [6, 6.07) is 9.61. The van der Waals surface area contributed by atoms with E-state index in [1.807, 2.05) is 30.3 Å². The maximum Gasteiger partial charge on any atom is 0.142 e. The lowest BCUT2D eigenvalue weighted by Gasteiger charge is -1.84. The van der Waals surface area contributed by atoms with Crippen molar-refractivity contribution in [3.63, 3.8) is 0 Å². The predicted molar refractivity (Wildman–Crippen MR) is 44.1 cm³/mol. The molecule has 0 radical (unpaired) electrons. The first-order chi connectivity index (χ1) is 4.93. The van der Waals surface area contributed by atoms with Gasteiger partial charge in [-0.15, -0.1) is 0 Å². The topological polar surface area (TPSA) is 17.1 Å². The fourth-order valence-corrected chi connectivity index (χ4v) is 0.826. The van der Waals surface area contributed by atoms with Crippen molar-refractivity contribution in [1.29, 1.82) is 0 Å². The highest BCUT2D eigenvalue weighted by molar-refractivity contribution is 7.64. The zero-order valence-electron chi connectivity index (χ0n) is 5.28. The molecule has 1 aromatic carbocycles. The van der Waals surface area contributed by atoms with E-state index in [1.54, 1.807) is 6.08 Å². The lowest BCUT2D eigenvalue weighted by Crippen LogP contribution is -1.66. The Bertz CT molecular complexity index is 279. The van der Waals surface area contributed by atoms with Gasteiger partial charge in [-0.1, -0.05) is 30.3 Å². The lowest BCUT2D eigenvalue weighted by atomic mass is 10.2. The van der Waals surface area contributed by atoms with Crippen molar-refractivity contribution >= 4 is 22.4 Å². The molecule has 2 heteroatoms. The molecule has 0 amide bonds. The normalized spacial score (nSPS) is 8.00. The molecule has 0 atom stereocenters. The second-order valence-electron chi connectivity index (χ2n) is 1.76. The molecule has 0 N–H and O–H groups in total. The summed E-state index contributed by atoms with van der Waals surface area (Å²) < 4.78 is 9.88. The molecule has 0 heterocycles. The molecule has 0 saturated carbocycles. The van der Waals surface area contributed by atoms with Crippen molar-refractivity contribution in [2.75, 3.05) is 0 Å². The SMILES string of the molecule is O=S=C=Cc1ccccc1. The summed E-state index contributed by atoms with van der Waals surface area (Å²) in [7, 11) is 0. The third-order valence-corrected chi connectivity index (χ3v) is 1.29. The van der Waals surface area contributed by atoms with Gasteiger partial charge >= 0.3 is 0 Å². The minimum atomic E-state index is 0.341. The zero-order valence-corrected chi connectivity index (χ0v) is 6.10. The van der Waals surface area contributed by atoms with Crippen LogP contribution >= 0.6 is 0 Å². The van der Waals surface area contributed by atoms with Crippen molar-refractivity contribution in [3.05, 3.63) is 35.9 Å². The first kappa shape index (κ1) is 7.00. The van der Waals surface area contributed by atoms with E-state index in [2.05, 4.69) is 5.02 Å². The van der Waals surface area contributed by atoms with Gasteiger partial charge in [0.05, 0.1) is 0 Å². The smallest absolute Gasteiger partial charge is 0.142 e. The van der Waals surface area contributed by atoms with Gasteiger partial charge in [0.15, 0.2) is 0 Å². The Balaban J connectivity index is 2.97. The largest absolute Gasteiger partial charge is 0.203 e. The van der Waals surface area contributed by atoms with Crippen LogP contribution in [0.4, 0.5) is 0 Å². The quantitative estimate of drug-likeness (QED) is 0.552. The van der Waals surface area contributed by atoms with Crippen molar-refractivity contribution in [2.24, 2.45) is 0 Å². The van der Waals surface area contributed by atoms with Crippen molar-refractivity contribution in [3.8, 4) is 0 Å². The highest BCUT2D eigenvalue weighted by Gasteiger charge is 1.78. The minimum Gasteiger partial charge on any atom is -0.203 e. The summed E-state index contributed by atoms with van der Waals surface area (Å²) in [5.41, 5.74) is 1.01. The summed E-state index contributed by atoms with van der Waals surface area (Å²) in [6.45, 7) is 0. The third-order valence-electron chi connectivity index (χ3n) is 1.07. The lowest BCUT2D eigenvalue weighted by molar-refractivity contribution is 0.701. The molecule has 0 unspecified atom stereocenters. The molecular weight excluding hydrogens is 144 g/mol. The first-order valence-corrected chi connectivity index (χ1v) is 3.60. The average Bonchev–Trinajstić information content (AvgIpc) is 2.03. The Kier molecular flexibility index (Phi) is 2.68. The van der Waals surface area contributed by atoms with Gasteiger partial charge in [-0.2, -0.15) is 0 Å². The van der Waals surface area contributed by atoms with Crippen LogP contribution in [0.15, 0.2) is 30.3 Å². The molecule has 50 valence electrons. The van der Waals surface area contributed by atoms with E-state index < -0.39 is 0 Å². The second kappa shape index (κ2) is 3.83. The Morgan fingerprint density at radius 2 is 2.00 bits per heavy atom. The Morgan fingerprint density at radius 3 is 2.60 bits per heavy atom. The van der Waals surface area contributed by atoms with Gasteiger partial charge in [-0.05, 0) is 10.6 Å². The van der Waals surface area contributed by atoms with E-state index in [0.29, 0.717) is 11.3 Å². The fourth-order valence-electron chi connectivity index (χ4n) is 0.641. The third kappa shape index (κ3) is 2.02. The molecule has 10 heavy (non-hydrogen) atoms. The number of hydrogen-bond acceptors (Lipinski definition) is 1. The standard InChI is InChI=1S/C8H6OS/c9-10-7-6-8-4-2-1-3-5-8/h1-6H. The molecule has 0 fully saturated rings. The maximum absolute atomic E-state index is 9.88. The monoisotopic (exact) mass is 150 g/mol. The molecule has 0 aliphatic rings. The van der Waals surface area contributed by atoms with Gasteiger partial charge in [-0.25, -0.2) is 4.21 Å². The van der Waals surface area contributed by atoms with Gasteiger partial charge < -0.3 is 0 Å². The van der Waals surface area contributed by atoms with Crippen LogP contribution in [0.2, 0.25) is 0 Å². The molecule has 1 aromatic rings. The van der Waals surface area contributed by atoms with E-state index in [0.717, 1.165) is 5.56 Å². The first-order valence-electron chi connectivity index (χ1n) is 2.86. The van der Waals surface area contributed by atoms with Gasteiger partial charge in [0.2, 0.25) is 0 Å². The zero-order chi connectivity index (χ0) is 7.23. The van der Waals surface area contributed by atoms with Crippen LogP contribution in [0.25, 0.3) is 6.08 Å². The van der Waals surface area contributed by atoms with E-state index in [1.165, 1.54) is 0 Å². The molecule has 0 bridgehead atoms. The van der Waals surface area contributed by atoms with E-state index in [4.69, 9.17) is 0 Å². The number of hydrogen-bond donors (Lipinski definition) is 0. The second-order valence-corrected chi connectivity index (χ2v) is 2.16. The van der Waals surface area contributed by atoms with Crippen LogP contribution in [0.5, 0.6) is 0 Å². The Labute approximate surface area is 63.1 Å². The molecule has 0 aliphatic carbocycles. The van der Waals surface area contributed by atoms with Crippen molar-refractivity contribution in [2.45, 2.75) is 0 Å². The summed E-state index contributed by atoms with van der Waals surface area (Å²) in [5, 5.41) is 2.50. The summed E-state index contributed by atoms with van der Waals surface area (Å²) in [6.07, 6.45) is 1.66. The maximum atomic E-state index is 9.88. The van der Waals surface area contributed by atoms with Crippen LogP contribution in [0, 0.1) is 0 Å². The van der Waals surface area contributed by atoms with E-state index >= 15 is 0 Å². The highest BCUT2D eigenvalue weighted by atomic mass is 32.1. The van der Waals surface area contributed by atoms with Gasteiger partial charge in [0.25, 0.3) is 0 Å². The van der Waals surface area contributed by atoms with E-state index in [9.17, 15) is 4.21 Å². The summed E-state index contributed by atoms with van der Waals surface area (Å²) in [5.74, 6) is 0. The van der Waals surface area contributed by atoms with Crippen LogP contribution in [0.1, 0.15) is 5.56 Å². The molecule has 0 spiro atoms. The molecule has 1 nitrogen and oxygen atoms in total. The van der Waals surface area contributed by atoms with Crippen molar-refractivity contribution in [1.82, 2.24) is 0 Å². The Morgan fingerprint density at radius 1 is 1.30 bits per heavy atom. The average molecular weight is 150 g/mol. The van der Waals surface area contributed by atoms with Gasteiger partial charge in [-0.3, -0.25) is 0 Å². The molecule has 0 aliphatic heterocycles. The fraction of sp³-hybridized carbons (Fsp3) is 0. The molecule has 0 saturated heterocycles. The van der Waals surface area contributed by atoms with Crippen LogP contribution in [-0.2, 0) is 11.3 Å². The van der Waals surface area contributed by atoms with Gasteiger partial charge in [0.1, 0.15) is 11.3 Å². The molecule has 1 rings (SSSR count). The number of benzene rings is 1. The Hall–Kier alpha value is -1.11. The highest BCUT2D eigenvalue weighted by Crippen LogP contribution is 1.97. The minimum absolute atomic E-state index is 0.341. The molecule has 0 aromatic heterocycles. The van der Waals surface area contributed by atoms with E-state index in [-0.39, 0.29) is 0 Å². The van der Waals surface area contributed by atoms with Gasteiger partial charge in [0, 0.05) is 6.08 Å². The van der Waals surface area contributed by atoms with Crippen molar-refractivity contribution < 1.29 is 4.21 Å². The molecular formula is C8H6OS. The van der Waals surface area contributed by atoms with Crippen LogP contribution in [0.3, 0.4) is 0 Å². The summed E-state index contributed by atoms with van der Waals surface area (Å²) >= 11 is 0.341. The predicted octanol–water partition coefficient (Wildman–Crippen LogP) is 1.31.